The zero-order valence-corrected chi connectivity index (χ0v) is 14.1. The minimum atomic E-state index is 0.463. The summed E-state index contributed by atoms with van der Waals surface area (Å²) in [5, 5.41) is 0. The van der Waals surface area contributed by atoms with Gasteiger partial charge in [0.1, 0.15) is 6.29 Å². The molecule has 1 nitrogen and oxygen atoms in total. The van der Waals surface area contributed by atoms with E-state index >= 15 is 0 Å². The van der Waals surface area contributed by atoms with Crippen molar-refractivity contribution < 1.29 is 4.79 Å². The first-order valence-corrected chi connectivity index (χ1v) is 9.02. The van der Waals surface area contributed by atoms with Gasteiger partial charge in [0, 0.05) is 6.42 Å². The van der Waals surface area contributed by atoms with Crippen LogP contribution in [0.15, 0.2) is 0 Å². The standard InChI is InChI=1S/C19H36O/c1-4-5-6-7-8-9-10-11-17-12-14-19(2,3)16-18(17)13-15-20/h15,17-18H,4-14,16H2,1-3H3. The molecule has 1 rings (SSSR count). The molecule has 0 amide bonds. The highest BCUT2D eigenvalue weighted by atomic mass is 16.1. The summed E-state index contributed by atoms with van der Waals surface area (Å²) in [6.07, 6.45) is 17.0. The van der Waals surface area contributed by atoms with Crippen molar-refractivity contribution in [3.8, 4) is 0 Å². The summed E-state index contributed by atoms with van der Waals surface area (Å²) < 4.78 is 0. The van der Waals surface area contributed by atoms with Gasteiger partial charge in [-0.2, -0.15) is 0 Å². The second-order valence-corrected chi connectivity index (χ2v) is 7.74. The number of hydrogen-bond acceptors (Lipinski definition) is 1. The predicted octanol–water partition coefficient (Wildman–Crippen LogP) is 6.16. The molecule has 1 aliphatic carbocycles. The van der Waals surface area contributed by atoms with Crippen molar-refractivity contribution in [1.29, 1.82) is 0 Å². The summed E-state index contributed by atoms with van der Waals surface area (Å²) in [4.78, 5) is 10.9. The van der Waals surface area contributed by atoms with Gasteiger partial charge in [-0.1, -0.05) is 72.1 Å². The van der Waals surface area contributed by atoms with Crippen molar-refractivity contribution in [3.05, 3.63) is 0 Å². The number of carbonyl (C=O) groups excluding carboxylic acids is 1. The maximum Gasteiger partial charge on any atom is 0.120 e. The molecule has 2 atom stereocenters. The van der Waals surface area contributed by atoms with Crippen LogP contribution in [0.25, 0.3) is 0 Å². The van der Waals surface area contributed by atoms with Gasteiger partial charge in [0.2, 0.25) is 0 Å². The molecule has 0 N–H and O–H groups in total. The third kappa shape index (κ3) is 6.90. The lowest BCUT2D eigenvalue weighted by molar-refractivity contribution is -0.109. The Labute approximate surface area is 126 Å². The molecule has 1 aliphatic rings. The average molecular weight is 280 g/mol. The van der Waals surface area contributed by atoms with Crippen molar-refractivity contribution in [3.63, 3.8) is 0 Å². The Morgan fingerprint density at radius 3 is 2.30 bits per heavy atom. The number of aldehydes is 1. The monoisotopic (exact) mass is 280 g/mol. The minimum Gasteiger partial charge on any atom is -0.303 e. The van der Waals surface area contributed by atoms with Crippen molar-refractivity contribution in [1.82, 2.24) is 0 Å². The molecule has 0 radical (unpaired) electrons. The van der Waals surface area contributed by atoms with Gasteiger partial charge in [-0.15, -0.1) is 0 Å². The fourth-order valence-electron chi connectivity index (χ4n) is 3.93. The Bertz CT molecular complexity index is 256. The number of unbranched alkanes of at least 4 members (excludes halogenated alkanes) is 6. The molecule has 0 saturated heterocycles. The summed E-state index contributed by atoms with van der Waals surface area (Å²) in [6, 6.07) is 0. The zero-order valence-electron chi connectivity index (χ0n) is 14.1. The van der Waals surface area contributed by atoms with E-state index in [9.17, 15) is 4.79 Å². The Morgan fingerprint density at radius 1 is 1.00 bits per heavy atom. The fourth-order valence-corrected chi connectivity index (χ4v) is 3.93. The van der Waals surface area contributed by atoms with Crippen molar-refractivity contribution in [2.45, 2.75) is 97.8 Å². The van der Waals surface area contributed by atoms with Gasteiger partial charge in [0.15, 0.2) is 0 Å². The van der Waals surface area contributed by atoms with E-state index in [1.54, 1.807) is 0 Å². The van der Waals surface area contributed by atoms with E-state index in [0.717, 1.165) is 18.6 Å². The van der Waals surface area contributed by atoms with Crippen LogP contribution >= 0.6 is 0 Å². The Morgan fingerprint density at radius 2 is 1.65 bits per heavy atom. The third-order valence-corrected chi connectivity index (χ3v) is 5.25. The lowest BCUT2D eigenvalue weighted by atomic mass is 9.65. The zero-order chi connectivity index (χ0) is 14.8. The van der Waals surface area contributed by atoms with Gasteiger partial charge in [-0.05, 0) is 36.5 Å². The van der Waals surface area contributed by atoms with Crippen LogP contribution in [0.2, 0.25) is 0 Å². The van der Waals surface area contributed by atoms with Gasteiger partial charge in [0.05, 0.1) is 0 Å². The molecular formula is C19H36O. The molecule has 118 valence electrons. The molecule has 1 fully saturated rings. The normalized spacial score (nSPS) is 25.6. The van der Waals surface area contributed by atoms with E-state index in [2.05, 4.69) is 20.8 Å². The van der Waals surface area contributed by atoms with E-state index in [1.165, 1.54) is 70.6 Å². The van der Waals surface area contributed by atoms with E-state index < -0.39 is 0 Å². The second-order valence-electron chi connectivity index (χ2n) is 7.74. The molecule has 0 aromatic rings. The first-order valence-electron chi connectivity index (χ1n) is 9.02. The first kappa shape index (κ1) is 17.7. The molecule has 1 heteroatoms. The summed E-state index contributed by atoms with van der Waals surface area (Å²) in [5.41, 5.74) is 0.463. The van der Waals surface area contributed by atoms with Gasteiger partial charge in [-0.3, -0.25) is 0 Å². The highest BCUT2D eigenvalue weighted by molar-refractivity contribution is 5.49. The Hall–Kier alpha value is -0.330. The number of rotatable bonds is 10. The molecule has 0 heterocycles. The topological polar surface area (TPSA) is 17.1 Å². The van der Waals surface area contributed by atoms with Crippen molar-refractivity contribution >= 4 is 6.29 Å². The Balaban J connectivity index is 2.19. The molecule has 0 bridgehead atoms. The van der Waals surface area contributed by atoms with Crippen molar-refractivity contribution in [2.75, 3.05) is 0 Å². The lowest BCUT2D eigenvalue weighted by Gasteiger charge is -2.40. The Kier molecular flexibility index (Phi) is 8.49. The third-order valence-electron chi connectivity index (χ3n) is 5.25. The lowest BCUT2D eigenvalue weighted by Crippen LogP contribution is -2.30. The first-order chi connectivity index (χ1) is 9.59. The van der Waals surface area contributed by atoms with Crippen LogP contribution in [0.1, 0.15) is 97.8 Å². The highest BCUT2D eigenvalue weighted by Gasteiger charge is 2.33. The van der Waals surface area contributed by atoms with E-state index in [0.29, 0.717) is 11.3 Å². The molecule has 0 aromatic carbocycles. The average Bonchev–Trinajstić information content (AvgIpc) is 2.39. The highest BCUT2D eigenvalue weighted by Crippen LogP contribution is 2.44. The molecule has 2 unspecified atom stereocenters. The van der Waals surface area contributed by atoms with E-state index in [1.807, 2.05) is 0 Å². The number of hydrogen-bond donors (Lipinski definition) is 0. The van der Waals surface area contributed by atoms with Crippen LogP contribution in [-0.4, -0.2) is 6.29 Å². The fraction of sp³-hybridized carbons (Fsp3) is 0.947. The second kappa shape index (κ2) is 9.58. The summed E-state index contributed by atoms with van der Waals surface area (Å²) in [7, 11) is 0. The summed E-state index contributed by atoms with van der Waals surface area (Å²) in [5.74, 6) is 1.49. The molecule has 0 aromatic heterocycles. The van der Waals surface area contributed by atoms with Crippen LogP contribution in [0.5, 0.6) is 0 Å². The molecule has 0 spiro atoms. The molecule has 0 aliphatic heterocycles. The largest absolute Gasteiger partial charge is 0.303 e. The molecule has 1 saturated carbocycles. The van der Waals surface area contributed by atoms with Crippen LogP contribution in [0.4, 0.5) is 0 Å². The summed E-state index contributed by atoms with van der Waals surface area (Å²) >= 11 is 0. The maximum absolute atomic E-state index is 10.9. The molecule has 20 heavy (non-hydrogen) atoms. The van der Waals surface area contributed by atoms with Crippen LogP contribution in [0.3, 0.4) is 0 Å². The number of carbonyl (C=O) groups is 1. The van der Waals surface area contributed by atoms with Gasteiger partial charge in [0.25, 0.3) is 0 Å². The van der Waals surface area contributed by atoms with Crippen LogP contribution in [0, 0.1) is 17.3 Å². The van der Waals surface area contributed by atoms with Crippen molar-refractivity contribution in [2.24, 2.45) is 17.3 Å². The van der Waals surface area contributed by atoms with Gasteiger partial charge in [-0.25, -0.2) is 0 Å². The quantitative estimate of drug-likeness (QED) is 0.346. The van der Waals surface area contributed by atoms with Gasteiger partial charge < -0.3 is 4.79 Å². The van der Waals surface area contributed by atoms with E-state index in [4.69, 9.17) is 0 Å². The minimum absolute atomic E-state index is 0.463. The van der Waals surface area contributed by atoms with Crippen LogP contribution in [-0.2, 0) is 4.79 Å². The summed E-state index contributed by atoms with van der Waals surface area (Å²) in [6.45, 7) is 7.02. The van der Waals surface area contributed by atoms with E-state index in [-0.39, 0.29) is 0 Å². The smallest absolute Gasteiger partial charge is 0.120 e. The maximum atomic E-state index is 10.9. The predicted molar refractivity (Wildman–Crippen MR) is 87.9 cm³/mol. The van der Waals surface area contributed by atoms with Gasteiger partial charge >= 0.3 is 0 Å². The SMILES string of the molecule is CCCCCCCCCC1CCC(C)(C)CC1CC=O. The molecular weight excluding hydrogens is 244 g/mol. The van der Waals surface area contributed by atoms with Crippen LogP contribution < -0.4 is 0 Å².